The van der Waals surface area contributed by atoms with Crippen molar-refractivity contribution < 1.29 is 8.78 Å². The highest BCUT2D eigenvalue weighted by atomic mass is 19.1. The summed E-state index contributed by atoms with van der Waals surface area (Å²) in [6, 6.07) is 3.72. The van der Waals surface area contributed by atoms with Gasteiger partial charge in [-0.2, -0.15) is 0 Å². The minimum absolute atomic E-state index is 0.0231. The summed E-state index contributed by atoms with van der Waals surface area (Å²) >= 11 is 0. The van der Waals surface area contributed by atoms with Gasteiger partial charge < -0.3 is 5.32 Å². The molecule has 0 bridgehead atoms. The molecule has 0 saturated carbocycles. The van der Waals surface area contributed by atoms with E-state index in [9.17, 15) is 8.78 Å². The number of benzene rings is 1. The molecule has 0 fully saturated rings. The molecule has 1 aliphatic heterocycles. The van der Waals surface area contributed by atoms with E-state index in [0.717, 1.165) is 30.9 Å². The second kappa shape index (κ2) is 4.70. The Bertz CT molecular complexity index is 618. The fourth-order valence-corrected chi connectivity index (χ4v) is 2.69. The first kappa shape index (κ1) is 12.2. The van der Waals surface area contributed by atoms with Crippen LogP contribution in [0.15, 0.2) is 24.5 Å². The van der Waals surface area contributed by atoms with Crippen molar-refractivity contribution in [3.8, 4) is 11.1 Å². The zero-order chi connectivity index (χ0) is 13.4. The average molecular weight is 260 g/mol. The molecule has 3 rings (SSSR count). The molecule has 98 valence electrons. The lowest BCUT2D eigenvalue weighted by Gasteiger charge is -2.23. The van der Waals surface area contributed by atoms with Gasteiger partial charge in [-0.25, -0.2) is 8.78 Å². The zero-order valence-corrected chi connectivity index (χ0v) is 10.6. The standard InChI is InChI=1S/C15H14F2N2/c1-9-2-3-11(12-6-18-5-4-10(9)12)15-13(16)7-19-8-14(15)17/h2-3,7-8,18H,4-6H2,1H3. The van der Waals surface area contributed by atoms with Gasteiger partial charge in [-0.1, -0.05) is 12.1 Å². The monoisotopic (exact) mass is 260 g/mol. The smallest absolute Gasteiger partial charge is 0.152 e. The van der Waals surface area contributed by atoms with E-state index in [1.54, 1.807) is 6.07 Å². The molecule has 1 aromatic carbocycles. The SMILES string of the molecule is Cc1ccc(-c2c(F)cncc2F)c2c1CCNC2. The van der Waals surface area contributed by atoms with Gasteiger partial charge in [0.25, 0.3) is 0 Å². The number of nitrogens with one attached hydrogen (secondary N) is 1. The fraction of sp³-hybridized carbons (Fsp3) is 0.267. The maximum absolute atomic E-state index is 13.9. The van der Waals surface area contributed by atoms with E-state index in [2.05, 4.69) is 10.3 Å². The molecule has 0 atom stereocenters. The van der Waals surface area contributed by atoms with Gasteiger partial charge in [0.15, 0.2) is 11.6 Å². The van der Waals surface area contributed by atoms with Gasteiger partial charge in [-0.05, 0) is 42.1 Å². The number of aryl methyl sites for hydroxylation is 1. The van der Waals surface area contributed by atoms with Crippen LogP contribution in [0, 0.1) is 18.6 Å². The fourth-order valence-electron chi connectivity index (χ4n) is 2.69. The molecular formula is C15H14F2N2. The maximum atomic E-state index is 13.9. The van der Waals surface area contributed by atoms with Crippen molar-refractivity contribution in [1.29, 1.82) is 0 Å². The third-order valence-electron chi connectivity index (χ3n) is 3.64. The number of hydrogen-bond donors (Lipinski definition) is 1. The van der Waals surface area contributed by atoms with Crippen molar-refractivity contribution in [2.24, 2.45) is 0 Å². The Balaban J connectivity index is 2.26. The van der Waals surface area contributed by atoms with E-state index in [1.807, 2.05) is 13.0 Å². The van der Waals surface area contributed by atoms with Crippen LogP contribution in [0.3, 0.4) is 0 Å². The van der Waals surface area contributed by atoms with Crippen LogP contribution in [0.1, 0.15) is 16.7 Å². The summed E-state index contributed by atoms with van der Waals surface area (Å²) in [4.78, 5) is 3.53. The molecule has 0 unspecified atom stereocenters. The van der Waals surface area contributed by atoms with Gasteiger partial charge >= 0.3 is 0 Å². The van der Waals surface area contributed by atoms with Crippen molar-refractivity contribution >= 4 is 0 Å². The van der Waals surface area contributed by atoms with E-state index in [-0.39, 0.29) is 5.56 Å². The molecule has 0 amide bonds. The van der Waals surface area contributed by atoms with Crippen LogP contribution in [0.25, 0.3) is 11.1 Å². The molecule has 4 heteroatoms. The van der Waals surface area contributed by atoms with Crippen LogP contribution < -0.4 is 5.32 Å². The Morgan fingerprint density at radius 1 is 1.11 bits per heavy atom. The summed E-state index contributed by atoms with van der Waals surface area (Å²) in [6.07, 6.45) is 3.01. The summed E-state index contributed by atoms with van der Waals surface area (Å²) in [6.45, 7) is 3.58. The van der Waals surface area contributed by atoms with Crippen LogP contribution >= 0.6 is 0 Å². The summed E-state index contributed by atoms with van der Waals surface area (Å²) in [7, 11) is 0. The number of pyridine rings is 1. The van der Waals surface area contributed by atoms with Gasteiger partial charge in [-0.15, -0.1) is 0 Å². The quantitative estimate of drug-likeness (QED) is 0.852. The molecule has 0 saturated heterocycles. The first-order valence-electron chi connectivity index (χ1n) is 6.30. The van der Waals surface area contributed by atoms with E-state index in [0.29, 0.717) is 12.1 Å². The zero-order valence-electron chi connectivity index (χ0n) is 10.6. The second-order valence-corrected chi connectivity index (χ2v) is 4.79. The van der Waals surface area contributed by atoms with Crippen LogP contribution in [0.5, 0.6) is 0 Å². The maximum Gasteiger partial charge on any atom is 0.152 e. The van der Waals surface area contributed by atoms with Crippen molar-refractivity contribution in [3.63, 3.8) is 0 Å². The van der Waals surface area contributed by atoms with Crippen LogP contribution in [0.2, 0.25) is 0 Å². The third kappa shape index (κ3) is 2.02. The van der Waals surface area contributed by atoms with Crippen molar-refractivity contribution in [1.82, 2.24) is 10.3 Å². The van der Waals surface area contributed by atoms with Gasteiger partial charge in [0.1, 0.15) is 0 Å². The second-order valence-electron chi connectivity index (χ2n) is 4.79. The van der Waals surface area contributed by atoms with Crippen molar-refractivity contribution in [2.75, 3.05) is 6.54 Å². The molecule has 0 radical (unpaired) electrons. The normalized spacial score (nSPS) is 14.3. The summed E-state index contributed by atoms with van der Waals surface area (Å²) in [5.41, 5.74) is 4.03. The first-order chi connectivity index (χ1) is 9.18. The lowest BCUT2D eigenvalue weighted by atomic mass is 9.89. The number of rotatable bonds is 1. The van der Waals surface area contributed by atoms with E-state index in [4.69, 9.17) is 0 Å². The molecule has 2 aromatic rings. The van der Waals surface area contributed by atoms with Gasteiger partial charge in [0.05, 0.1) is 18.0 Å². The first-order valence-corrected chi connectivity index (χ1v) is 6.30. The predicted octanol–water partition coefficient (Wildman–Crippen LogP) is 2.98. The molecule has 19 heavy (non-hydrogen) atoms. The topological polar surface area (TPSA) is 24.9 Å². The lowest BCUT2D eigenvalue weighted by molar-refractivity contribution is 0.577. The number of halogens is 2. The summed E-state index contributed by atoms with van der Waals surface area (Å²) in [5, 5.41) is 3.26. The lowest BCUT2D eigenvalue weighted by Crippen LogP contribution is -2.25. The van der Waals surface area contributed by atoms with Gasteiger partial charge in [-0.3, -0.25) is 4.98 Å². The molecule has 0 spiro atoms. The van der Waals surface area contributed by atoms with Crippen LogP contribution in [0.4, 0.5) is 8.78 Å². The minimum atomic E-state index is -0.614. The van der Waals surface area contributed by atoms with Gasteiger partial charge in [0, 0.05) is 6.54 Å². The Labute approximate surface area is 110 Å². The predicted molar refractivity (Wildman–Crippen MR) is 69.7 cm³/mol. The van der Waals surface area contributed by atoms with E-state index in [1.165, 1.54) is 11.1 Å². The highest BCUT2D eigenvalue weighted by molar-refractivity contribution is 5.70. The highest BCUT2D eigenvalue weighted by Crippen LogP contribution is 2.33. The number of fused-ring (bicyclic) bond motifs is 1. The number of nitrogens with zero attached hydrogens (tertiary/aromatic N) is 1. The van der Waals surface area contributed by atoms with Crippen LogP contribution in [-0.2, 0) is 13.0 Å². The number of aromatic nitrogens is 1. The van der Waals surface area contributed by atoms with Crippen molar-refractivity contribution in [3.05, 3.63) is 52.9 Å². The Morgan fingerprint density at radius 3 is 2.58 bits per heavy atom. The Morgan fingerprint density at radius 2 is 1.84 bits per heavy atom. The third-order valence-corrected chi connectivity index (χ3v) is 3.64. The van der Waals surface area contributed by atoms with E-state index < -0.39 is 11.6 Å². The molecule has 2 nitrogen and oxygen atoms in total. The summed E-state index contributed by atoms with van der Waals surface area (Å²) < 4.78 is 27.8. The molecule has 2 heterocycles. The molecule has 0 aliphatic carbocycles. The van der Waals surface area contributed by atoms with E-state index >= 15 is 0 Å². The Hall–Kier alpha value is -1.81. The summed E-state index contributed by atoms with van der Waals surface area (Å²) in [5.74, 6) is -1.23. The minimum Gasteiger partial charge on any atom is -0.312 e. The highest BCUT2D eigenvalue weighted by Gasteiger charge is 2.20. The number of hydrogen-bond acceptors (Lipinski definition) is 2. The Kier molecular flexibility index (Phi) is 3.03. The largest absolute Gasteiger partial charge is 0.312 e. The average Bonchev–Trinajstić information content (AvgIpc) is 2.41. The molecule has 1 aromatic heterocycles. The molecule has 1 N–H and O–H groups in total. The van der Waals surface area contributed by atoms with Gasteiger partial charge in [0.2, 0.25) is 0 Å². The molecular weight excluding hydrogens is 246 g/mol. The molecule has 1 aliphatic rings. The van der Waals surface area contributed by atoms with Crippen molar-refractivity contribution in [2.45, 2.75) is 19.9 Å². The van der Waals surface area contributed by atoms with Crippen LogP contribution in [-0.4, -0.2) is 11.5 Å².